The predicted octanol–water partition coefficient (Wildman–Crippen LogP) is 0.811. The number of phenols is 1. The van der Waals surface area contributed by atoms with E-state index in [1.165, 1.54) is 34.2 Å². The molecule has 8 amide bonds. The van der Waals surface area contributed by atoms with E-state index in [-0.39, 0.29) is 65.8 Å². The topological polar surface area (TPSA) is 304 Å². The van der Waals surface area contributed by atoms with E-state index in [1.54, 1.807) is 12.1 Å². The predicted molar refractivity (Wildman–Crippen MR) is 251 cm³/mol. The van der Waals surface area contributed by atoms with Gasteiger partial charge in [0, 0.05) is 17.7 Å². The smallest absolute Gasteiger partial charge is 0.271 e. The highest BCUT2D eigenvalue weighted by molar-refractivity contribution is 8.14. The third-order valence-corrected chi connectivity index (χ3v) is 14.0. The number of benzene rings is 1. The molecule has 1 aromatic heterocycles. The largest absolute Gasteiger partial charge is 0.508 e. The van der Waals surface area contributed by atoms with Crippen molar-refractivity contribution in [2.75, 3.05) is 18.9 Å². The van der Waals surface area contributed by atoms with Gasteiger partial charge in [0.05, 0.1) is 30.2 Å². The number of hydrogen-bond donors (Lipinski definition) is 9. The molecule has 10 N–H and O–H groups in total. The molecule has 0 saturated carbocycles. The number of rotatable bonds is 11. The third kappa shape index (κ3) is 14.2. The summed E-state index contributed by atoms with van der Waals surface area (Å²) >= 11 is 2.31. The molecule has 3 aliphatic rings. The maximum Gasteiger partial charge on any atom is 0.271 e. The highest BCUT2D eigenvalue weighted by Gasteiger charge is 2.41. The fourth-order valence-corrected chi connectivity index (χ4v) is 10.1. The van der Waals surface area contributed by atoms with Gasteiger partial charge in [0.15, 0.2) is 0 Å². The monoisotopic (exact) mass is 968 g/mol. The lowest BCUT2D eigenvalue weighted by Gasteiger charge is -2.29. The number of carbonyl (C=O) groups excluding carboxylic acids is 8. The van der Waals surface area contributed by atoms with E-state index >= 15 is 0 Å². The summed E-state index contributed by atoms with van der Waals surface area (Å²) < 4.78 is 0. The van der Waals surface area contributed by atoms with Crippen LogP contribution in [0.15, 0.2) is 34.6 Å². The molecule has 4 heterocycles. The highest BCUT2D eigenvalue weighted by Crippen LogP contribution is 2.27. The number of carbonyl (C=O) groups is 8. The standard InChI is InChI=1S/C45H64N10O10S2/c1-7-24(6)36-42(64)47-27(15-22(2)3)37(59)49-29(17-25-10-12-26(57)13-11-25)44-52-32(20-67-44)39(61)50-30(18-35(46)58)45(65)55-14-8-9-34(55)41(63)51-31(19-56)38(60)48-28(16-23(4)5)43-53-33(21-66-43)40(62)54-36/h10-13,20,22-24,27-31,33-34,36,56-57H,7-9,14-19,21H2,1-6H3,(H2,46,58)(H,47,64)(H,48,60)(H,49,59)(H,50,61)(H,51,63)(H,54,62)/t24-,27-,28?,29-,30-,31-,33?,34-,36-/m0/s1. The number of nitrogens with one attached hydrogen (secondary N) is 6. The van der Waals surface area contributed by atoms with Crippen LogP contribution in [0.1, 0.15) is 107 Å². The van der Waals surface area contributed by atoms with Gasteiger partial charge in [-0.1, -0.05) is 60.1 Å². The lowest BCUT2D eigenvalue weighted by Crippen LogP contribution is -2.58. The van der Waals surface area contributed by atoms with Gasteiger partial charge >= 0.3 is 0 Å². The number of nitrogens with zero attached hydrogens (tertiary/aromatic N) is 3. The van der Waals surface area contributed by atoms with Gasteiger partial charge in [-0.05, 0) is 67.6 Å². The molecule has 67 heavy (non-hydrogen) atoms. The van der Waals surface area contributed by atoms with Crippen LogP contribution in [0.4, 0.5) is 0 Å². The van der Waals surface area contributed by atoms with Crippen molar-refractivity contribution in [3.63, 3.8) is 0 Å². The maximum atomic E-state index is 14.4. The summed E-state index contributed by atoms with van der Waals surface area (Å²) in [4.78, 5) is 121. The minimum Gasteiger partial charge on any atom is -0.508 e. The molecule has 0 spiro atoms. The number of aromatic nitrogens is 1. The lowest BCUT2D eigenvalue weighted by molar-refractivity contribution is -0.141. The molecule has 1 fully saturated rings. The number of thiazole rings is 1. The molecule has 366 valence electrons. The van der Waals surface area contributed by atoms with E-state index < -0.39 is 109 Å². The van der Waals surface area contributed by atoms with Crippen LogP contribution >= 0.6 is 23.1 Å². The van der Waals surface area contributed by atoms with Gasteiger partial charge in [-0.3, -0.25) is 43.3 Å². The number of aliphatic hydroxyl groups excluding tert-OH is 1. The Hall–Kier alpha value is -5.61. The van der Waals surface area contributed by atoms with Crippen molar-refractivity contribution in [1.82, 2.24) is 41.8 Å². The molecule has 22 heteroatoms. The molecule has 0 radical (unpaired) electrons. The zero-order valence-corrected chi connectivity index (χ0v) is 40.3. The summed E-state index contributed by atoms with van der Waals surface area (Å²) in [7, 11) is 0. The average Bonchev–Trinajstić information content (AvgIpc) is 4.08. The molecule has 0 aliphatic carbocycles. The number of nitrogens with two attached hydrogens (primary N) is 1. The quantitative estimate of drug-likeness (QED) is 0.151. The number of aliphatic hydroxyl groups is 1. The second kappa shape index (κ2) is 23.9. The summed E-state index contributed by atoms with van der Waals surface area (Å²) in [6.45, 7) is 10.6. The molecule has 1 saturated heterocycles. The summed E-state index contributed by atoms with van der Waals surface area (Å²) in [6, 6.07) is -2.41. The molecular weight excluding hydrogens is 905 g/mol. The maximum absolute atomic E-state index is 14.4. The molecular formula is C45H64N10O10S2. The molecule has 1 aromatic carbocycles. The van der Waals surface area contributed by atoms with Crippen LogP contribution in [0.25, 0.3) is 0 Å². The Kier molecular flexibility index (Phi) is 18.7. The Morgan fingerprint density at radius 2 is 1.43 bits per heavy atom. The van der Waals surface area contributed by atoms with E-state index in [1.807, 2.05) is 41.5 Å². The van der Waals surface area contributed by atoms with Crippen molar-refractivity contribution in [3.8, 4) is 5.75 Å². The minimum absolute atomic E-state index is 0.0237. The van der Waals surface area contributed by atoms with Gasteiger partial charge < -0.3 is 52.7 Å². The fraction of sp³-hybridized carbons (Fsp3) is 0.600. The van der Waals surface area contributed by atoms with Crippen LogP contribution in [0.2, 0.25) is 0 Å². The zero-order valence-electron chi connectivity index (χ0n) is 38.7. The first kappa shape index (κ1) is 52.4. The second-order valence-electron chi connectivity index (χ2n) is 18.2. The van der Waals surface area contributed by atoms with E-state index in [4.69, 9.17) is 10.7 Å². The number of amides is 8. The van der Waals surface area contributed by atoms with Gasteiger partial charge in [0.25, 0.3) is 5.91 Å². The third-order valence-electron chi connectivity index (χ3n) is 11.8. The molecule has 3 aliphatic heterocycles. The first-order valence-electron chi connectivity index (χ1n) is 22.7. The van der Waals surface area contributed by atoms with Crippen LogP contribution < -0.4 is 37.6 Å². The number of phenolic OH excluding ortho intramolecular Hbond substituents is 1. The van der Waals surface area contributed by atoms with Crippen LogP contribution in [0.3, 0.4) is 0 Å². The van der Waals surface area contributed by atoms with E-state index in [0.717, 1.165) is 11.3 Å². The van der Waals surface area contributed by atoms with Crippen LogP contribution in [0.5, 0.6) is 5.75 Å². The SMILES string of the molecule is CC[C@H](C)[C@@H]1NC(=O)C2CSC(=N2)C(CC(C)C)NC(=O)[C@H](CO)NC(=O)[C@@H]2CCCN2C(=O)[C@H](CC(N)=O)NC(=O)c2csc(n2)[C@H](Cc2ccc(O)cc2)NC(=O)[C@H](CC(C)C)NC1=O. The van der Waals surface area contributed by atoms with E-state index in [0.29, 0.717) is 29.9 Å². The van der Waals surface area contributed by atoms with E-state index in [9.17, 15) is 48.6 Å². The summed E-state index contributed by atoms with van der Waals surface area (Å²) in [6.07, 6.45) is 1.21. The van der Waals surface area contributed by atoms with Gasteiger partial charge in [-0.15, -0.1) is 23.1 Å². The first-order chi connectivity index (χ1) is 31.8. The van der Waals surface area contributed by atoms with Crippen molar-refractivity contribution >= 4 is 75.4 Å². The van der Waals surface area contributed by atoms with Gasteiger partial charge in [0.2, 0.25) is 41.4 Å². The Labute approximate surface area is 398 Å². The Bertz CT molecular complexity index is 2170. The van der Waals surface area contributed by atoms with Gasteiger partial charge in [0.1, 0.15) is 52.7 Å². The van der Waals surface area contributed by atoms with Crippen molar-refractivity contribution < 1.29 is 48.6 Å². The second-order valence-corrected chi connectivity index (χ2v) is 20.1. The molecule has 4 bridgehead atoms. The van der Waals surface area contributed by atoms with Gasteiger partial charge in [-0.2, -0.15) is 0 Å². The Balaban J connectivity index is 1.55. The van der Waals surface area contributed by atoms with Crippen LogP contribution in [-0.2, 0) is 40.0 Å². The van der Waals surface area contributed by atoms with Crippen molar-refractivity contribution in [2.45, 2.75) is 135 Å². The summed E-state index contributed by atoms with van der Waals surface area (Å²) in [5.41, 5.74) is 6.09. The van der Waals surface area contributed by atoms with Gasteiger partial charge in [-0.25, -0.2) is 4.98 Å². The van der Waals surface area contributed by atoms with Crippen LogP contribution in [-0.4, -0.2) is 134 Å². The van der Waals surface area contributed by atoms with Crippen molar-refractivity contribution in [1.29, 1.82) is 0 Å². The normalized spacial score (nSPS) is 26.7. The number of hydrogen-bond acceptors (Lipinski definition) is 14. The van der Waals surface area contributed by atoms with E-state index in [2.05, 4.69) is 36.9 Å². The highest BCUT2D eigenvalue weighted by atomic mass is 32.2. The molecule has 2 aromatic rings. The number of primary amides is 1. The number of fused-ring (bicyclic) bond motifs is 4. The summed E-state index contributed by atoms with van der Waals surface area (Å²) in [5, 5.41) is 39.2. The Morgan fingerprint density at radius 3 is 2.07 bits per heavy atom. The van der Waals surface area contributed by atoms with Crippen molar-refractivity contribution in [3.05, 3.63) is 45.9 Å². The summed E-state index contributed by atoms with van der Waals surface area (Å²) in [5.74, 6) is -5.83. The number of thioether (sulfide) groups is 1. The number of aromatic hydroxyl groups is 1. The average molecular weight is 969 g/mol. The minimum atomic E-state index is -1.51. The molecule has 20 nitrogen and oxygen atoms in total. The molecule has 2 unspecified atom stereocenters. The first-order valence-corrected chi connectivity index (χ1v) is 24.6. The fourth-order valence-electron chi connectivity index (χ4n) is 8.09. The lowest BCUT2D eigenvalue weighted by atomic mass is 9.96. The van der Waals surface area contributed by atoms with Crippen molar-refractivity contribution in [2.24, 2.45) is 28.5 Å². The molecule has 9 atom stereocenters. The molecule has 5 rings (SSSR count). The zero-order chi connectivity index (χ0) is 49.1. The van der Waals surface area contributed by atoms with Crippen LogP contribution in [0, 0.1) is 17.8 Å². The Morgan fingerprint density at radius 1 is 0.806 bits per heavy atom. The number of aliphatic imine (C=N–C) groups is 1.